The number of aliphatic hydroxyl groups excluding tert-OH is 1. The van der Waals surface area contributed by atoms with Gasteiger partial charge < -0.3 is 25.3 Å². The Kier molecular flexibility index (Phi) is 12.5. The van der Waals surface area contributed by atoms with Gasteiger partial charge in [-0.1, -0.05) is 69.6 Å². The van der Waals surface area contributed by atoms with Crippen LogP contribution in [0.2, 0.25) is 5.02 Å². The molecule has 3 N–H and O–H groups in total. The number of carbonyl (C=O) groups excluding carboxylic acids is 2. The van der Waals surface area contributed by atoms with Crippen LogP contribution in [0.3, 0.4) is 0 Å². The van der Waals surface area contributed by atoms with Crippen molar-refractivity contribution in [2.24, 2.45) is 11.8 Å². The van der Waals surface area contributed by atoms with Crippen LogP contribution >= 0.6 is 22.9 Å². The third-order valence-electron chi connectivity index (χ3n) is 8.29. The Hall–Kier alpha value is -3.23. The van der Waals surface area contributed by atoms with Crippen LogP contribution in [0.5, 0.6) is 5.75 Å². The second kappa shape index (κ2) is 16.0. The Morgan fingerprint density at radius 2 is 1.79 bits per heavy atom. The third-order valence-corrected chi connectivity index (χ3v) is 11.4. The molecule has 3 atom stereocenters. The summed E-state index contributed by atoms with van der Waals surface area (Å²) < 4.78 is 29.2. The number of halogens is 1. The number of carbonyl (C=O) groups is 2. The number of phenols is 1. The normalized spacial score (nSPS) is 15.9. The number of aromatic hydroxyl groups is 1. The van der Waals surface area contributed by atoms with Gasteiger partial charge in [0, 0.05) is 31.6 Å². The van der Waals surface area contributed by atoms with Gasteiger partial charge in [-0.25, -0.2) is 18.2 Å². The number of aromatic nitrogens is 1. The summed E-state index contributed by atoms with van der Waals surface area (Å²) in [5.41, 5.74) is 1.95. The molecule has 3 aromatic rings. The van der Waals surface area contributed by atoms with Gasteiger partial charge in [0.05, 0.1) is 39.3 Å². The number of sulfonamides is 1. The van der Waals surface area contributed by atoms with Gasteiger partial charge in [-0.3, -0.25) is 4.79 Å². The second-order valence-electron chi connectivity index (χ2n) is 13.1. The maximum atomic E-state index is 14.1. The highest BCUT2D eigenvalue weighted by atomic mass is 35.5. The van der Waals surface area contributed by atoms with Crippen LogP contribution in [0.1, 0.15) is 49.5 Å². The first kappa shape index (κ1) is 37.6. The molecule has 1 aliphatic heterocycles. The summed E-state index contributed by atoms with van der Waals surface area (Å²) in [5, 5.41) is 27.5. The van der Waals surface area contributed by atoms with Crippen molar-refractivity contribution in [1.82, 2.24) is 24.4 Å². The molecule has 0 aliphatic carbocycles. The zero-order chi connectivity index (χ0) is 35.3. The number of amides is 3. The quantitative estimate of drug-likeness (QED) is 0.205. The average molecular weight is 720 g/mol. The molecule has 0 saturated carbocycles. The van der Waals surface area contributed by atoms with Crippen molar-refractivity contribution in [3.63, 3.8) is 0 Å². The summed E-state index contributed by atoms with van der Waals surface area (Å²) in [6.07, 6.45) is -1.09. The van der Waals surface area contributed by atoms with E-state index in [0.29, 0.717) is 25.2 Å². The molecule has 14 heteroatoms. The van der Waals surface area contributed by atoms with E-state index in [-0.39, 0.29) is 53.0 Å². The third kappa shape index (κ3) is 9.06. The zero-order valence-electron chi connectivity index (χ0n) is 28.3. The summed E-state index contributed by atoms with van der Waals surface area (Å²) in [5.74, 6) is -0.995. The lowest BCUT2D eigenvalue weighted by Crippen LogP contribution is -2.57. The predicted molar refractivity (Wildman–Crippen MR) is 188 cm³/mol. The number of aliphatic hydroxyl groups is 1. The number of nitrogens with zero attached hydrogens (tertiary/aromatic N) is 4. The predicted octanol–water partition coefficient (Wildman–Crippen LogP) is 4.82. The van der Waals surface area contributed by atoms with E-state index in [0.717, 1.165) is 16.3 Å². The number of aryl methyl sites for hydroxylation is 2. The largest absolute Gasteiger partial charge is 0.506 e. The highest BCUT2D eigenvalue weighted by molar-refractivity contribution is 7.89. The van der Waals surface area contributed by atoms with Gasteiger partial charge in [0.2, 0.25) is 15.9 Å². The van der Waals surface area contributed by atoms with Gasteiger partial charge in [-0.2, -0.15) is 4.31 Å². The smallest absolute Gasteiger partial charge is 0.321 e. The fourth-order valence-electron chi connectivity index (χ4n) is 5.99. The first-order valence-corrected chi connectivity index (χ1v) is 18.8. The molecular weight excluding hydrogens is 674 g/mol. The van der Waals surface area contributed by atoms with E-state index >= 15 is 0 Å². The lowest BCUT2D eigenvalue weighted by Gasteiger charge is -2.34. The van der Waals surface area contributed by atoms with E-state index in [4.69, 9.17) is 11.6 Å². The second-order valence-corrected chi connectivity index (χ2v) is 16.5. The Morgan fingerprint density at radius 1 is 1.10 bits per heavy atom. The number of phenolic OH excluding ortho intramolecular Hbond substituents is 1. The minimum absolute atomic E-state index is 0.0772. The number of hydrogen-bond acceptors (Lipinski definition) is 8. The fraction of sp³-hybridized carbons (Fsp3) is 0.500. The molecule has 0 spiro atoms. The summed E-state index contributed by atoms with van der Waals surface area (Å²) >= 11 is 7.63. The molecule has 1 saturated heterocycles. The van der Waals surface area contributed by atoms with E-state index in [1.54, 1.807) is 16.7 Å². The first-order chi connectivity index (χ1) is 22.6. The summed E-state index contributed by atoms with van der Waals surface area (Å²) in [6.45, 7) is 11.9. The van der Waals surface area contributed by atoms with Gasteiger partial charge in [-0.05, 0) is 55.4 Å². The van der Waals surface area contributed by atoms with E-state index in [9.17, 15) is 28.2 Å². The van der Waals surface area contributed by atoms with Crippen molar-refractivity contribution < 1.29 is 28.2 Å². The van der Waals surface area contributed by atoms with Crippen LogP contribution in [0.4, 0.5) is 4.79 Å². The Labute approximate surface area is 292 Å². The van der Waals surface area contributed by atoms with Crippen LogP contribution in [0, 0.1) is 25.7 Å². The molecule has 2 aromatic carbocycles. The number of rotatable bonds is 15. The number of benzene rings is 2. The summed E-state index contributed by atoms with van der Waals surface area (Å²) in [7, 11) is -4.17. The van der Waals surface area contributed by atoms with Crippen LogP contribution < -0.4 is 5.32 Å². The van der Waals surface area contributed by atoms with E-state index in [2.05, 4.69) is 10.3 Å². The van der Waals surface area contributed by atoms with Crippen LogP contribution in [-0.2, 0) is 27.8 Å². The minimum Gasteiger partial charge on any atom is -0.506 e. The van der Waals surface area contributed by atoms with Gasteiger partial charge >= 0.3 is 6.03 Å². The number of hydrogen-bond donors (Lipinski definition) is 3. The van der Waals surface area contributed by atoms with Crippen molar-refractivity contribution in [2.75, 3.05) is 26.2 Å². The Morgan fingerprint density at radius 3 is 2.40 bits per heavy atom. The topological polar surface area (TPSA) is 143 Å². The van der Waals surface area contributed by atoms with Crippen molar-refractivity contribution in [1.29, 1.82) is 0 Å². The van der Waals surface area contributed by atoms with Crippen LogP contribution in [0.15, 0.2) is 52.7 Å². The Bertz CT molecular complexity index is 1680. The molecule has 3 amide bonds. The van der Waals surface area contributed by atoms with Gasteiger partial charge in [0.1, 0.15) is 11.8 Å². The Balaban J connectivity index is 1.60. The molecule has 11 nitrogen and oxygen atoms in total. The lowest BCUT2D eigenvalue weighted by molar-refractivity contribution is -0.128. The average Bonchev–Trinajstić information content (AvgIpc) is 3.58. The van der Waals surface area contributed by atoms with E-state index in [1.807, 2.05) is 70.3 Å². The molecule has 0 bridgehead atoms. The van der Waals surface area contributed by atoms with Gasteiger partial charge in [0.15, 0.2) is 0 Å². The molecule has 2 heterocycles. The number of thiazole rings is 1. The van der Waals surface area contributed by atoms with E-state index < -0.39 is 34.1 Å². The number of nitrogens with one attached hydrogen (secondary N) is 1. The first-order valence-electron chi connectivity index (χ1n) is 16.1. The van der Waals surface area contributed by atoms with Gasteiger partial charge in [0.25, 0.3) is 0 Å². The van der Waals surface area contributed by atoms with Gasteiger partial charge in [-0.15, -0.1) is 11.3 Å². The highest BCUT2D eigenvalue weighted by Gasteiger charge is 2.41. The van der Waals surface area contributed by atoms with Crippen molar-refractivity contribution >= 4 is 44.9 Å². The van der Waals surface area contributed by atoms with Crippen molar-refractivity contribution in [3.8, 4) is 5.75 Å². The number of urea groups is 1. The molecule has 4 rings (SSSR count). The maximum Gasteiger partial charge on any atom is 0.321 e. The fourth-order valence-corrected chi connectivity index (χ4v) is 8.67. The zero-order valence-corrected chi connectivity index (χ0v) is 30.6. The monoisotopic (exact) mass is 719 g/mol. The standard InChI is InChI=1S/C34H46ClN5O6S2/c1-21(2)17-39(48(45,46)31-16-27(35)29(41)14-23(31)5)19-30(42)28(15-25-10-8-7-9-11-25)37-33(43)32(22(3)4)40-13-12-38(34(40)44)18-26-20-47-24(6)36-26/h7-11,14,16,20-22,28,30,32,41-42H,12-13,15,17-19H2,1-6H3,(H,37,43)/t28-,30+,32-/m0/s1. The molecule has 1 aromatic heterocycles. The SMILES string of the molecule is Cc1nc(CN2CCN([C@H](C(=O)N[C@@H](Cc3ccccc3)[C@H](O)CN(CC(C)C)S(=O)(=O)c3cc(Cl)c(O)cc3C)C(C)C)C2=O)cs1. The van der Waals surface area contributed by atoms with Crippen molar-refractivity contribution in [3.05, 3.63) is 74.7 Å². The molecule has 0 unspecified atom stereocenters. The molecule has 262 valence electrons. The van der Waals surface area contributed by atoms with E-state index in [1.165, 1.54) is 27.8 Å². The lowest BCUT2D eigenvalue weighted by atomic mass is 9.97. The highest BCUT2D eigenvalue weighted by Crippen LogP contribution is 2.31. The van der Waals surface area contributed by atoms with Crippen LogP contribution in [-0.4, -0.2) is 94.0 Å². The maximum absolute atomic E-state index is 14.1. The molecule has 0 radical (unpaired) electrons. The minimum atomic E-state index is -4.17. The molecule has 1 fully saturated rings. The molecule has 1 aliphatic rings. The molecule has 48 heavy (non-hydrogen) atoms. The molecular formula is C34H46ClN5O6S2. The summed E-state index contributed by atoms with van der Waals surface area (Å²) in [4.78, 5) is 35.3. The van der Waals surface area contributed by atoms with Crippen LogP contribution in [0.25, 0.3) is 0 Å². The van der Waals surface area contributed by atoms with Crippen molar-refractivity contribution in [2.45, 2.75) is 77.6 Å². The summed E-state index contributed by atoms with van der Waals surface area (Å²) in [6, 6.07) is 9.86.